The summed E-state index contributed by atoms with van der Waals surface area (Å²) in [6.07, 6.45) is -2.42. The average Bonchev–Trinajstić information content (AvgIpc) is 3.02. The summed E-state index contributed by atoms with van der Waals surface area (Å²) in [6.45, 7) is 4.23. The second-order valence-corrected chi connectivity index (χ2v) is 11.0. The monoisotopic (exact) mass is 584 g/mol. The van der Waals surface area contributed by atoms with Crippen LogP contribution in [0, 0.1) is 5.92 Å². The highest BCUT2D eigenvalue weighted by Gasteiger charge is 2.33. The fourth-order valence-corrected chi connectivity index (χ4v) is 6.00. The molecular weight excluding hydrogens is 549 g/mol. The number of nitrogens with one attached hydrogen (secondary N) is 1. The Morgan fingerprint density at radius 2 is 1.47 bits per heavy atom. The smallest absolute Gasteiger partial charge is 0.372 e. The first-order valence-corrected chi connectivity index (χ1v) is 14.7. The molecule has 0 bridgehead atoms. The van der Waals surface area contributed by atoms with Crippen molar-refractivity contribution in [2.45, 2.75) is 38.3 Å². The molecule has 4 aromatic carbocycles. The van der Waals surface area contributed by atoms with Gasteiger partial charge in [-0.15, -0.1) is 0 Å². The van der Waals surface area contributed by atoms with Crippen LogP contribution >= 0.6 is 0 Å². The van der Waals surface area contributed by atoms with Gasteiger partial charge in [-0.1, -0.05) is 78.9 Å². The van der Waals surface area contributed by atoms with Gasteiger partial charge in [0.2, 0.25) is 5.91 Å². The van der Waals surface area contributed by atoms with Crippen LogP contribution in [0.5, 0.6) is 0 Å². The van der Waals surface area contributed by atoms with Crippen molar-refractivity contribution in [2.24, 2.45) is 5.92 Å². The molecule has 1 saturated heterocycles. The zero-order valence-corrected chi connectivity index (χ0v) is 24.1. The van der Waals surface area contributed by atoms with E-state index in [4.69, 9.17) is 0 Å². The second-order valence-electron chi connectivity index (χ2n) is 11.0. The van der Waals surface area contributed by atoms with E-state index in [1.54, 1.807) is 24.3 Å². The molecular formula is C36H35F3N2O2. The Morgan fingerprint density at radius 3 is 2.09 bits per heavy atom. The van der Waals surface area contributed by atoms with E-state index in [1.165, 1.54) is 12.1 Å². The predicted molar refractivity (Wildman–Crippen MR) is 164 cm³/mol. The number of nitrogens with zero attached hydrogens (tertiary/aromatic N) is 1. The van der Waals surface area contributed by atoms with Crippen LogP contribution < -0.4 is 10.2 Å². The van der Waals surface area contributed by atoms with Crippen molar-refractivity contribution in [1.29, 1.82) is 0 Å². The standard InChI is InChI=1S/C36H35F3N2O2/c1-2-40-35(43)34(27-8-4-3-5-9-27)28-20-22-41(23-21-28)30-18-12-25(13-19-30)24-33(42)32-11-7-6-10-31(32)26-14-16-29(17-15-26)36(37,38)39/h3-19,28,34H,2,20-24H2,1H3,(H,40,43). The highest BCUT2D eigenvalue weighted by Crippen LogP contribution is 2.35. The maximum Gasteiger partial charge on any atom is 0.416 e. The summed E-state index contributed by atoms with van der Waals surface area (Å²) < 4.78 is 39.0. The summed E-state index contributed by atoms with van der Waals surface area (Å²) >= 11 is 0. The number of halogens is 3. The summed E-state index contributed by atoms with van der Waals surface area (Å²) in [6, 6.07) is 29.9. The molecule has 1 aliphatic heterocycles. The van der Waals surface area contributed by atoms with Crippen LogP contribution in [0.25, 0.3) is 11.1 Å². The van der Waals surface area contributed by atoms with Crippen LogP contribution in [0.15, 0.2) is 103 Å². The minimum Gasteiger partial charge on any atom is -0.372 e. The second kappa shape index (κ2) is 13.3. The molecule has 1 fully saturated rings. The van der Waals surface area contributed by atoms with Gasteiger partial charge in [0, 0.05) is 37.3 Å². The van der Waals surface area contributed by atoms with Gasteiger partial charge in [-0.25, -0.2) is 0 Å². The molecule has 5 rings (SSSR count). The van der Waals surface area contributed by atoms with E-state index < -0.39 is 11.7 Å². The molecule has 222 valence electrons. The van der Waals surface area contributed by atoms with Crippen LogP contribution in [-0.2, 0) is 17.4 Å². The maximum absolute atomic E-state index is 13.3. The summed E-state index contributed by atoms with van der Waals surface area (Å²) in [4.78, 5) is 28.6. The molecule has 0 aliphatic carbocycles. The highest BCUT2D eigenvalue weighted by molar-refractivity contribution is 6.03. The topological polar surface area (TPSA) is 49.4 Å². The molecule has 0 spiro atoms. The number of hydrogen-bond donors (Lipinski definition) is 1. The number of hydrogen-bond acceptors (Lipinski definition) is 3. The van der Waals surface area contributed by atoms with E-state index in [-0.39, 0.29) is 29.9 Å². The minimum atomic E-state index is -4.41. The van der Waals surface area contributed by atoms with Crippen LogP contribution in [0.4, 0.5) is 18.9 Å². The Balaban J connectivity index is 1.23. The van der Waals surface area contributed by atoms with Gasteiger partial charge in [0.05, 0.1) is 11.5 Å². The van der Waals surface area contributed by atoms with Crippen LogP contribution in [0.2, 0.25) is 0 Å². The molecule has 4 nitrogen and oxygen atoms in total. The molecule has 1 aliphatic rings. The van der Waals surface area contributed by atoms with E-state index in [0.29, 0.717) is 23.2 Å². The first kappa shape index (κ1) is 30.1. The number of amides is 1. The van der Waals surface area contributed by atoms with Crippen LogP contribution in [-0.4, -0.2) is 31.3 Å². The molecule has 0 saturated carbocycles. The van der Waals surface area contributed by atoms with Crippen molar-refractivity contribution in [3.8, 4) is 11.1 Å². The Bertz CT molecular complexity index is 1530. The summed E-state index contributed by atoms with van der Waals surface area (Å²) in [7, 11) is 0. The first-order valence-electron chi connectivity index (χ1n) is 14.7. The fraction of sp³-hybridized carbons (Fsp3) is 0.278. The number of piperidine rings is 1. The lowest BCUT2D eigenvalue weighted by molar-refractivity contribution is -0.137. The maximum atomic E-state index is 13.3. The van der Waals surface area contributed by atoms with E-state index in [0.717, 1.165) is 54.9 Å². The quantitative estimate of drug-likeness (QED) is 0.203. The number of ketones is 1. The fourth-order valence-electron chi connectivity index (χ4n) is 6.00. The molecule has 1 heterocycles. The van der Waals surface area contributed by atoms with Gasteiger partial charge in [-0.2, -0.15) is 13.2 Å². The number of carbonyl (C=O) groups is 2. The third-order valence-corrected chi connectivity index (χ3v) is 8.22. The van der Waals surface area contributed by atoms with Crippen LogP contribution in [0.3, 0.4) is 0 Å². The first-order chi connectivity index (χ1) is 20.7. The molecule has 43 heavy (non-hydrogen) atoms. The Kier molecular flexibility index (Phi) is 9.29. The lowest BCUT2D eigenvalue weighted by atomic mass is 9.79. The van der Waals surface area contributed by atoms with Gasteiger partial charge in [0.15, 0.2) is 5.78 Å². The number of carbonyl (C=O) groups excluding carboxylic acids is 2. The van der Waals surface area contributed by atoms with Gasteiger partial charge >= 0.3 is 6.18 Å². The average molecular weight is 585 g/mol. The van der Waals surface area contributed by atoms with Gasteiger partial charge < -0.3 is 10.2 Å². The summed E-state index contributed by atoms with van der Waals surface area (Å²) in [5, 5.41) is 3.02. The number of rotatable bonds is 9. The highest BCUT2D eigenvalue weighted by atomic mass is 19.4. The molecule has 1 amide bonds. The van der Waals surface area contributed by atoms with Crippen molar-refractivity contribution in [3.05, 3.63) is 125 Å². The molecule has 1 unspecified atom stereocenters. The third kappa shape index (κ3) is 7.16. The zero-order valence-electron chi connectivity index (χ0n) is 24.1. The minimum absolute atomic E-state index is 0.0843. The van der Waals surface area contributed by atoms with Gasteiger partial charge in [-0.05, 0) is 72.2 Å². The lowest BCUT2D eigenvalue weighted by Gasteiger charge is -2.37. The summed E-state index contributed by atoms with van der Waals surface area (Å²) in [5.74, 6) is 0.0800. The molecule has 7 heteroatoms. The normalized spacial score (nSPS) is 14.7. The third-order valence-electron chi connectivity index (χ3n) is 8.22. The van der Waals surface area contributed by atoms with Gasteiger partial charge in [0.25, 0.3) is 0 Å². The Labute approximate surface area is 250 Å². The van der Waals surface area contributed by atoms with Crippen molar-refractivity contribution in [1.82, 2.24) is 5.32 Å². The number of benzene rings is 4. The molecule has 0 aromatic heterocycles. The molecule has 4 aromatic rings. The van der Waals surface area contributed by atoms with Crippen molar-refractivity contribution < 1.29 is 22.8 Å². The molecule has 1 N–H and O–H groups in total. The van der Waals surface area contributed by atoms with Crippen molar-refractivity contribution in [2.75, 3.05) is 24.5 Å². The Morgan fingerprint density at radius 1 is 0.837 bits per heavy atom. The van der Waals surface area contributed by atoms with Gasteiger partial charge in [-0.3, -0.25) is 9.59 Å². The lowest BCUT2D eigenvalue weighted by Crippen LogP contribution is -2.40. The largest absolute Gasteiger partial charge is 0.416 e. The zero-order chi connectivity index (χ0) is 30.4. The van der Waals surface area contributed by atoms with E-state index in [2.05, 4.69) is 10.2 Å². The Hall–Kier alpha value is -4.39. The molecule has 0 radical (unpaired) electrons. The number of likely N-dealkylation sites (N-methyl/N-ethyl adjacent to an activating group) is 1. The number of alkyl halides is 3. The van der Waals surface area contributed by atoms with Gasteiger partial charge in [0.1, 0.15) is 0 Å². The SMILES string of the molecule is CCNC(=O)C(c1ccccc1)C1CCN(c2ccc(CC(=O)c3ccccc3-c3ccc(C(F)(F)F)cc3)cc2)CC1. The summed E-state index contributed by atoms with van der Waals surface area (Å²) in [5.41, 5.74) is 3.94. The van der Waals surface area contributed by atoms with Crippen LogP contribution in [0.1, 0.15) is 52.7 Å². The number of anilines is 1. The predicted octanol–water partition coefficient (Wildman–Crippen LogP) is 7.93. The van der Waals surface area contributed by atoms with E-state index in [1.807, 2.05) is 61.5 Å². The van der Waals surface area contributed by atoms with Crippen molar-refractivity contribution >= 4 is 17.4 Å². The van der Waals surface area contributed by atoms with Crippen molar-refractivity contribution in [3.63, 3.8) is 0 Å². The van der Waals surface area contributed by atoms with E-state index in [9.17, 15) is 22.8 Å². The van der Waals surface area contributed by atoms with E-state index >= 15 is 0 Å². The number of Topliss-reactive ketones (excluding diaryl/α,β-unsaturated/α-hetero) is 1. The molecule has 1 atom stereocenters.